The van der Waals surface area contributed by atoms with Crippen molar-refractivity contribution in [3.63, 3.8) is 0 Å². The van der Waals surface area contributed by atoms with E-state index in [2.05, 4.69) is 21.2 Å². The van der Waals surface area contributed by atoms with Crippen molar-refractivity contribution < 1.29 is 29.0 Å². The lowest BCUT2D eigenvalue weighted by molar-refractivity contribution is -0.143. The SMILES string of the molecule is COc1ccc(C2=NN(C3CCN(C(=O)[C@@H](Cc4ccc(Br)cc4)NC(=O)O)CC3)C(=O)[C@@H]3CCCC[C@H]23)cc1OC. The van der Waals surface area contributed by atoms with E-state index >= 15 is 0 Å². The Morgan fingerprint density at radius 1 is 1.00 bits per heavy atom. The number of methoxy groups -OCH3 is 2. The Morgan fingerprint density at radius 2 is 1.67 bits per heavy atom. The first-order valence-electron chi connectivity index (χ1n) is 14.5. The molecule has 0 radical (unpaired) electrons. The number of hydrogen-bond acceptors (Lipinski definition) is 6. The van der Waals surface area contributed by atoms with E-state index in [1.54, 1.807) is 24.1 Å². The number of halogens is 1. The van der Waals surface area contributed by atoms with Gasteiger partial charge in [-0.1, -0.05) is 40.9 Å². The quantitative estimate of drug-likeness (QED) is 0.432. The molecular weight excluding hydrogens is 604 g/mol. The standard InChI is InChI=1S/C31H37BrN4O6/c1-41-26-12-9-20(18-27(26)42-2)28-23-5-3-4-6-24(23)29(37)36(34-28)22-13-15-35(16-14-22)30(38)25(33-31(39)40)17-19-7-10-21(32)11-8-19/h7-12,18,22-25,33H,3-6,13-17H2,1-2H3,(H,39,40)/t23-,24+,25+/m0/s1. The van der Waals surface area contributed by atoms with Gasteiger partial charge in [-0.3, -0.25) is 9.59 Å². The van der Waals surface area contributed by atoms with Gasteiger partial charge >= 0.3 is 6.09 Å². The number of piperidine rings is 1. The molecule has 11 heteroatoms. The molecule has 2 aromatic carbocycles. The van der Waals surface area contributed by atoms with Crippen molar-refractivity contribution in [2.45, 2.75) is 57.0 Å². The lowest BCUT2D eigenvalue weighted by atomic mass is 9.73. The number of carbonyl (C=O) groups is 3. The summed E-state index contributed by atoms with van der Waals surface area (Å²) in [6.45, 7) is 0.835. The van der Waals surface area contributed by atoms with Gasteiger partial charge in [0, 0.05) is 41.4 Å². The summed E-state index contributed by atoms with van der Waals surface area (Å²) >= 11 is 3.40. The molecule has 3 aliphatic rings. The Balaban J connectivity index is 1.33. The van der Waals surface area contributed by atoms with Crippen molar-refractivity contribution in [1.82, 2.24) is 15.2 Å². The largest absolute Gasteiger partial charge is 0.493 e. The first-order chi connectivity index (χ1) is 20.3. The van der Waals surface area contributed by atoms with Crippen LogP contribution in [-0.4, -0.2) is 78.0 Å². The number of ether oxygens (including phenoxy) is 2. The zero-order valence-electron chi connectivity index (χ0n) is 23.9. The van der Waals surface area contributed by atoms with Crippen molar-refractivity contribution in [1.29, 1.82) is 0 Å². The molecule has 1 aliphatic carbocycles. The second kappa shape index (κ2) is 13.1. The van der Waals surface area contributed by atoms with Gasteiger partial charge in [-0.2, -0.15) is 5.10 Å². The number of rotatable bonds is 8. The van der Waals surface area contributed by atoms with Crippen LogP contribution in [0.15, 0.2) is 52.0 Å². The maximum atomic E-state index is 13.7. The van der Waals surface area contributed by atoms with E-state index in [-0.39, 0.29) is 36.1 Å². The van der Waals surface area contributed by atoms with E-state index in [9.17, 15) is 19.5 Å². The zero-order chi connectivity index (χ0) is 29.8. The van der Waals surface area contributed by atoms with Crippen LogP contribution < -0.4 is 14.8 Å². The Bertz CT molecular complexity index is 1340. The number of nitrogens with zero attached hydrogens (tertiary/aromatic N) is 3. The van der Waals surface area contributed by atoms with Gasteiger partial charge in [0.05, 0.1) is 26.0 Å². The van der Waals surface area contributed by atoms with Gasteiger partial charge < -0.3 is 24.8 Å². The summed E-state index contributed by atoms with van der Waals surface area (Å²) in [5.41, 5.74) is 2.68. The van der Waals surface area contributed by atoms with Gasteiger partial charge in [-0.05, 0) is 61.6 Å². The first kappa shape index (κ1) is 29.9. The van der Waals surface area contributed by atoms with Gasteiger partial charge in [0.15, 0.2) is 11.5 Å². The third-order valence-corrected chi connectivity index (χ3v) is 9.15. The maximum absolute atomic E-state index is 13.7. The van der Waals surface area contributed by atoms with Crippen LogP contribution in [0, 0.1) is 11.8 Å². The molecule has 10 nitrogen and oxygen atoms in total. The summed E-state index contributed by atoms with van der Waals surface area (Å²) in [5, 5.41) is 18.5. The minimum absolute atomic E-state index is 0.0590. The molecule has 0 spiro atoms. The average molecular weight is 642 g/mol. The molecule has 1 saturated heterocycles. The van der Waals surface area contributed by atoms with Gasteiger partial charge in [-0.15, -0.1) is 0 Å². The van der Waals surface area contributed by atoms with Crippen LogP contribution in [0.3, 0.4) is 0 Å². The van der Waals surface area contributed by atoms with E-state index in [1.165, 1.54) is 0 Å². The number of nitrogens with one attached hydrogen (secondary N) is 1. The monoisotopic (exact) mass is 640 g/mol. The highest BCUT2D eigenvalue weighted by atomic mass is 79.9. The molecule has 0 aromatic heterocycles. The number of hydrazone groups is 1. The first-order valence-corrected chi connectivity index (χ1v) is 15.2. The second-order valence-electron chi connectivity index (χ2n) is 11.1. The van der Waals surface area contributed by atoms with Gasteiger partial charge in [-0.25, -0.2) is 9.80 Å². The number of likely N-dealkylation sites (tertiary alicyclic amines) is 1. The Labute approximate surface area is 254 Å². The summed E-state index contributed by atoms with van der Waals surface area (Å²) in [4.78, 5) is 40.4. The van der Waals surface area contributed by atoms with E-state index in [4.69, 9.17) is 14.6 Å². The van der Waals surface area contributed by atoms with Gasteiger partial charge in [0.2, 0.25) is 11.8 Å². The molecule has 2 N–H and O–H groups in total. The lowest BCUT2D eigenvalue weighted by Crippen LogP contribution is -2.55. The van der Waals surface area contributed by atoms with E-state index in [0.717, 1.165) is 47.0 Å². The van der Waals surface area contributed by atoms with Crippen molar-refractivity contribution in [2.75, 3.05) is 27.3 Å². The summed E-state index contributed by atoms with van der Waals surface area (Å²) in [5.74, 6) is 1.00. The van der Waals surface area contributed by atoms with Crippen molar-refractivity contribution >= 4 is 39.5 Å². The van der Waals surface area contributed by atoms with E-state index in [0.29, 0.717) is 37.4 Å². The predicted molar refractivity (Wildman–Crippen MR) is 161 cm³/mol. The van der Waals surface area contributed by atoms with Crippen LogP contribution in [0.5, 0.6) is 11.5 Å². The van der Waals surface area contributed by atoms with Gasteiger partial charge in [0.1, 0.15) is 6.04 Å². The summed E-state index contributed by atoms with van der Waals surface area (Å²) in [7, 11) is 3.21. The molecule has 1 saturated carbocycles. The van der Waals surface area contributed by atoms with Crippen LogP contribution >= 0.6 is 15.9 Å². The van der Waals surface area contributed by atoms with E-state index < -0.39 is 12.1 Å². The molecule has 42 heavy (non-hydrogen) atoms. The van der Waals surface area contributed by atoms with Crippen LogP contribution in [0.1, 0.15) is 49.7 Å². The Kier molecular flexibility index (Phi) is 9.35. The number of fused-ring (bicyclic) bond motifs is 1. The molecule has 3 amide bonds. The van der Waals surface area contributed by atoms with Crippen molar-refractivity contribution in [3.05, 3.63) is 58.1 Å². The molecule has 2 heterocycles. The molecule has 2 aromatic rings. The summed E-state index contributed by atoms with van der Waals surface area (Å²) in [6.07, 6.45) is 3.98. The molecule has 5 rings (SSSR count). The fourth-order valence-corrected chi connectivity index (χ4v) is 6.71. The molecule has 224 valence electrons. The van der Waals surface area contributed by atoms with Crippen molar-refractivity contribution in [3.8, 4) is 11.5 Å². The van der Waals surface area contributed by atoms with Crippen LogP contribution in [0.4, 0.5) is 4.79 Å². The Hall–Kier alpha value is -3.60. The third kappa shape index (κ3) is 6.40. The molecule has 0 bridgehead atoms. The Morgan fingerprint density at radius 3 is 2.31 bits per heavy atom. The minimum atomic E-state index is -1.24. The number of benzene rings is 2. The molecule has 2 aliphatic heterocycles. The second-order valence-corrected chi connectivity index (χ2v) is 12.0. The maximum Gasteiger partial charge on any atom is 0.405 e. The number of carboxylic acid groups (broad SMARTS) is 1. The number of amides is 3. The summed E-state index contributed by atoms with van der Waals surface area (Å²) < 4.78 is 11.9. The minimum Gasteiger partial charge on any atom is -0.493 e. The normalized spacial score (nSPS) is 21.7. The van der Waals surface area contributed by atoms with Crippen LogP contribution in [0.25, 0.3) is 0 Å². The molecule has 0 unspecified atom stereocenters. The lowest BCUT2D eigenvalue weighted by Gasteiger charge is -2.43. The highest BCUT2D eigenvalue weighted by molar-refractivity contribution is 9.10. The van der Waals surface area contributed by atoms with Crippen LogP contribution in [0.2, 0.25) is 0 Å². The van der Waals surface area contributed by atoms with E-state index in [1.807, 2.05) is 42.5 Å². The number of carbonyl (C=O) groups excluding carboxylic acids is 2. The van der Waals surface area contributed by atoms with Crippen LogP contribution in [-0.2, 0) is 16.0 Å². The predicted octanol–water partition coefficient (Wildman–Crippen LogP) is 4.69. The smallest absolute Gasteiger partial charge is 0.405 e. The zero-order valence-corrected chi connectivity index (χ0v) is 25.5. The highest BCUT2D eigenvalue weighted by Crippen LogP contribution is 2.40. The average Bonchev–Trinajstić information content (AvgIpc) is 3.01. The van der Waals surface area contributed by atoms with Gasteiger partial charge in [0.25, 0.3) is 0 Å². The fraction of sp³-hybridized carbons (Fsp3) is 0.484. The topological polar surface area (TPSA) is 121 Å². The molecule has 2 fully saturated rings. The number of hydrogen-bond donors (Lipinski definition) is 2. The molecular formula is C31H37BrN4O6. The fourth-order valence-electron chi connectivity index (χ4n) is 6.45. The van der Waals surface area contributed by atoms with Crippen molar-refractivity contribution in [2.24, 2.45) is 16.9 Å². The molecule has 3 atom stereocenters. The highest BCUT2D eigenvalue weighted by Gasteiger charge is 2.44. The summed E-state index contributed by atoms with van der Waals surface area (Å²) in [6, 6.07) is 12.2. The third-order valence-electron chi connectivity index (χ3n) is 8.63.